The van der Waals surface area contributed by atoms with E-state index in [2.05, 4.69) is 214 Å². The van der Waals surface area contributed by atoms with Gasteiger partial charge in [-0.25, -0.2) is 0 Å². The van der Waals surface area contributed by atoms with Crippen LogP contribution >= 0.6 is 7.14 Å². The van der Waals surface area contributed by atoms with Crippen molar-refractivity contribution in [1.29, 1.82) is 0 Å². The lowest BCUT2D eigenvalue weighted by Gasteiger charge is -2.17. The second kappa shape index (κ2) is 12.1. The van der Waals surface area contributed by atoms with Gasteiger partial charge in [-0.2, -0.15) is 0 Å². The van der Waals surface area contributed by atoms with Crippen LogP contribution in [0, 0.1) is 0 Å². The van der Waals surface area contributed by atoms with Crippen molar-refractivity contribution in [2.45, 2.75) is 0 Å². The number of fused-ring (bicyclic) bond motifs is 12. The predicted octanol–water partition coefficient (Wildman–Crippen LogP) is 12.6. The van der Waals surface area contributed by atoms with Gasteiger partial charge in [0.25, 0.3) is 0 Å². The van der Waals surface area contributed by atoms with E-state index in [4.69, 9.17) is 0 Å². The summed E-state index contributed by atoms with van der Waals surface area (Å²) in [5.74, 6) is 0. The fourth-order valence-electron chi connectivity index (χ4n) is 10.1. The summed E-state index contributed by atoms with van der Waals surface area (Å²) in [7, 11) is -3.33. The van der Waals surface area contributed by atoms with Crippen LogP contribution in [0.2, 0.25) is 0 Å². The second-order valence-electron chi connectivity index (χ2n) is 15.6. The minimum atomic E-state index is -3.33. The lowest BCUT2D eigenvalue weighted by Crippen LogP contribution is -2.21. The summed E-state index contributed by atoms with van der Waals surface area (Å²) in [6, 6.07) is 73.2. The molecule has 3 aromatic heterocycles. The number of benzene rings is 9. The van der Waals surface area contributed by atoms with E-state index in [0.717, 1.165) is 87.8 Å². The Kier molecular flexibility index (Phi) is 6.68. The van der Waals surface area contributed by atoms with Gasteiger partial charge in [-0.15, -0.1) is 0 Å². The van der Waals surface area contributed by atoms with Gasteiger partial charge in [0.1, 0.15) is 0 Å². The van der Waals surface area contributed by atoms with Crippen molar-refractivity contribution < 1.29 is 4.57 Å². The molecular formula is C54H34N3OP. The van der Waals surface area contributed by atoms with E-state index in [1.807, 2.05) is 6.07 Å². The first kappa shape index (κ1) is 32.7. The van der Waals surface area contributed by atoms with Gasteiger partial charge in [-0.1, -0.05) is 115 Å². The Morgan fingerprint density at radius 3 is 1.36 bits per heavy atom. The highest BCUT2D eigenvalue weighted by atomic mass is 31.2. The Morgan fingerprint density at radius 1 is 0.288 bits per heavy atom. The number of hydrogen-bond donors (Lipinski definition) is 0. The Bertz CT molecular complexity index is 3760. The number of para-hydroxylation sites is 5. The van der Waals surface area contributed by atoms with Crippen molar-refractivity contribution in [3.63, 3.8) is 0 Å². The summed E-state index contributed by atoms with van der Waals surface area (Å²) in [6.07, 6.45) is 0. The van der Waals surface area contributed by atoms with Crippen LogP contribution in [-0.4, -0.2) is 13.7 Å². The average molecular weight is 772 g/mol. The minimum absolute atomic E-state index is 0.851. The largest absolute Gasteiger partial charge is 0.309 e. The third-order valence-electron chi connectivity index (χ3n) is 12.6. The van der Waals surface area contributed by atoms with E-state index >= 15 is 4.57 Å². The molecule has 5 heteroatoms. The fourth-order valence-corrected chi connectivity index (χ4v) is 13.2. The van der Waals surface area contributed by atoms with Crippen LogP contribution < -0.4 is 15.9 Å². The summed E-state index contributed by atoms with van der Waals surface area (Å²) in [5, 5.41) is 9.61. The zero-order valence-electron chi connectivity index (χ0n) is 31.8. The van der Waals surface area contributed by atoms with Crippen molar-refractivity contribution in [1.82, 2.24) is 13.7 Å². The first-order valence-corrected chi connectivity index (χ1v) is 21.8. The van der Waals surface area contributed by atoms with Crippen LogP contribution in [0.25, 0.3) is 93.6 Å². The lowest BCUT2D eigenvalue weighted by atomic mass is 10.0. The monoisotopic (exact) mass is 771 g/mol. The highest BCUT2D eigenvalue weighted by Crippen LogP contribution is 2.54. The molecule has 0 bridgehead atoms. The number of rotatable bonds is 4. The van der Waals surface area contributed by atoms with Crippen LogP contribution in [-0.2, 0) is 4.57 Å². The van der Waals surface area contributed by atoms with Crippen molar-refractivity contribution in [2.75, 3.05) is 0 Å². The highest BCUT2D eigenvalue weighted by Gasteiger charge is 2.41. The molecule has 59 heavy (non-hydrogen) atoms. The van der Waals surface area contributed by atoms with Crippen LogP contribution in [0.3, 0.4) is 0 Å². The number of aromatic nitrogens is 3. The van der Waals surface area contributed by atoms with E-state index in [0.29, 0.717) is 0 Å². The summed E-state index contributed by atoms with van der Waals surface area (Å²) in [5.41, 5.74) is 12.1. The number of hydrogen-bond acceptors (Lipinski definition) is 1. The van der Waals surface area contributed by atoms with E-state index in [9.17, 15) is 0 Å². The Morgan fingerprint density at radius 2 is 0.746 bits per heavy atom. The van der Waals surface area contributed by atoms with Crippen LogP contribution in [0.5, 0.6) is 0 Å². The molecule has 13 rings (SSSR count). The van der Waals surface area contributed by atoms with Crippen LogP contribution in [0.1, 0.15) is 0 Å². The molecule has 1 atom stereocenters. The lowest BCUT2D eigenvalue weighted by molar-refractivity contribution is 0.593. The SMILES string of the molecule is O=P1(c2ccc3c(c2)c2ccccc2n3-c2ccccc2)c2ccccc2-c2cc3c4ccccc4n(-c4ccc5c(c4)c4ccccc4n5-c4ccccc4)c3cc21. The third-order valence-corrected chi connectivity index (χ3v) is 15.7. The normalized spacial score (nSPS) is 14.9. The molecular weight excluding hydrogens is 738 g/mol. The molecule has 0 radical (unpaired) electrons. The van der Waals surface area contributed by atoms with E-state index in [-0.39, 0.29) is 0 Å². The Hall–Kier alpha value is -7.39. The second-order valence-corrected chi connectivity index (χ2v) is 18.3. The maximum absolute atomic E-state index is 16.5. The van der Waals surface area contributed by atoms with Crippen molar-refractivity contribution in [3.05, 3.63) is 206 Å². The predicted molar refractivity (Wildman–Crippen MR) is 248 cm³/mol. The summed E-state index contributed by atoms with van der Waals surface area (Å²) in [6.45, 7) is 0. The first-order chi connectivity index (χ1) is 29.2. The van der Waals surface area contributed by atoms with Gasteiger partial charge in [0.15, 0.2) is 7.14 Å². The van der Waals surface area contributed by atoms with E-state index in [1.54, 1.807) is 0 Å². The maximum atomic E-state index is 16.5. The third kappa shape index (κ3) is 4.41. The van der Waals surface area contributed by atoms with Crippen molar-refractivity contribution in [2.24, 2.45) is 0 Å². The molecule has 0 fully saturated rings. The maximum Gasteiger partial charge on any atom is 0.172 e. The standard InChI is InChI=1S/C54H34N3OP/c58-59(38-28-30-51-44(32-38)40-20-8-12-24-48(40)56(51)36-17-5-2-6-18-36)53-26-14-10-22-42(53)46-33-45-41-21-9-13-25-49(41)57(52(45)34-54(46)59)37-27-29-50-43(31-37)39-19-7-11-23-47(39)55(50)35-15-3-1-4-16-35/h1-34H. The molecule has 12 aromatic rings. The van der Waals surface area contributed by atoms with Gasteiger partial charge in [0, 0.05) is 65.3 Å². The molecule has 0 spiro atoms. The topological polar surface area (TPSA) is 31.9 Å². The zero-order chi connectivity index (χ0) is 38.8. The van der Waals surface area contributed by atoms with Gasteiger partial charge in [-0.3, -0.25) is 0 Å². The van der Waals surface area contributed by atoms with Gasteiger partial charge in [0.2, 0.25) is 0 Å². The van der Waals surface area contributed by atoms with Crippen molar-refractivity contribution in [3.8, 4) is 28.2 Å². The van der Waals surface area contributed by atoms with Gasteiger partial charge >= 0.3 is 0 Å². The summed E-state index contributed by atoms with van der Waals surface area (Å²) < 4.78 is 23.5. The molecule has 9 aromatic carbocycles. The van der Waals surface area contributed by atoms with Gasteiger partial charge < -0.3 is 18.3 Å². The molecule has 1 unspecified atom stereocenters. The van der Waals surface area contributed by atoms with Crippen LogP contribution in [0.15, 0.2) is 206 Å². The zero-order valence-corrected chi connectivity index (χ0v) is 32.7. The summed E-state index contributed by atoms with van der Waals surface area (Å²) in [4.78, 5) is 0. The summed E-state index contributed by atoms with van der Waals surface area (Å²) >= 11 is 0. The molecule has 276 valence electrons. The molecule has 0 amide bonds. The quantitative estimate of drug-likeness (QED) is 0.164. The van der Waals surface area contributed by atoms with Crippen LogP contribution in [0.4, 0.5) is 0 Å². The first-order valence-electron chi connectivity index (χ1n) is 20.1. The van der Waals surface area contributed by atoms with E-state index < -0.39 is 7.14 Å². The smallest absolute Gasteiger partial charge is 0.172 e. The molecule has 0 N–H and O–H groups in total. The minimum Gasteiger partial charge on any atom is -0.309 e. The molecule has 0 saturated carbocycles. The molecule has 0 saturated heterocycles. The fraction of sp³-hybridized carbons (Fsp3) is 0. The van der Waals surface area contributed by atoms with Gasteiger partial charge in [0.05, 0.1) is 33.1 Å². The molecule has 1 aliphatic heterocycles. The van der Waals surface area contributed by atoms with E-state index in [1.165, 1.54) is 21.7 Å². The number of nitrogens with zero attached hydrogens (tertiary/aromatic N) is 3. The molecule has 4 heterocycles. The van der Waals surface area contributed by atoms with Crippen molar-refractivity contribution >= 4 is 88.5 Å². The highest BCUT2D eigenvalue weighted by molar-refractivity contribution is 7.86. The molecule has 4 nitrogen and oxygen atoms in total. The molecule has 1 aliphatic rings. The molecule has 0 aliphatic carbocycles. The average Bonchev–Trinajstić information content (AvgIpc) is 4.00. The Balaban J connectivity index is 1.07. The van der Waals surface area contributed by atoms with Gasteiger partial charge in [-0.05, 0) is 102 Å². The Labute approximate surface area is 339 Å².